The molecule has 1 aromatic heterocycles. The summed E-state index contributed by atoms with van der Waals surface area (Å²) in [5, 5.41) is 8.97. The Kier molecular flexibility index (Phi) is 3.01. The molecular weight excluding hydrogens is 216 g/mol. The maximum absolute atomic E-state index is 8.97. The number of nitrogens with one attached hydrogen (secondary N) is 1. The Morgan fingerprint density at radius 3 is 2.53 bits per heavy atom. The van der Waals surface area contributed by atoms with Gasteiger partial charge >= 0.3 is 0 Å². The van der Waals surface area contributed by atoms with Crippen LogP contribution in [0, 0.1) is 11.3 Å². The average Bonchev–Trinajstić information content (AvgIpc) is 2.86. The minimum Gasteiger partial charge on any atom is -0.493 e. The van der Waals surface area contributed by atoms with Gasteiger partial charge in [-0.1, -0.05) is 0 Å². The van der Waals surface area contributed by atoms with Crippen molar-refractivity contribution in [3.63, 3.8) is 0 Å². The van der Waals surface area contributed by atoms with E-state index in [9.17, 15) is 0 Å². The van der Waals surface area contributed by atoms with Crippen LogP contribution in [0.3, 0.4) is 0 Å². The molecule has 0 unspecified atom stereocenters. The molecule has 0 amide bonds. The molecule has 2 aromatic rings. The molecule has 4 nitrogen and oxygen atoms in total. The van der Waals surface area contributed by atoms with Gasteiger partial charge in [-0.2, -0.15) is 5.26 Å². The molecule has 0 aliphatic carbocycles. The monoisotopic (exact) mass is 228 g/mol. The van der Waals surface area contributed by atoms with E-state index in [4.69, 9.17) is 14.7 Å². The summed E-state index contributed by atoms with van der Waals surface area (Å²) in [4.78, 5) is 3.04. The Morgan fingerprint density at radius 2 is 1.88 bits per heavy atom. The van der Waals surface area contributed by atoms with E-state index in [0.717, 1.165) is 11.3 Å². The van der Waals surface area contributed by atoms with Crippen molar-refractivity contribution in [3.8, 4) is 28.8 Å². The molecule has 0 saturated carbocycles. The van der Waals surface area contributed by atoms with Gasteiger partial charge in [0.1, 0.15) is 6.07 Å². The molecule has 1 aromatic carbocycles. The summed E-state index contributed by atoms with van der Waals surface area (Å²) in [6.45, 7) is 0. The first-order chi connectivity index (χ1) is 8.30. The van der Waals surface area contributed by atoms with Crippen LogP contribution in [-0.4, -0.2) is 19.2 Å². The fourth-order valence-electron chi connectivity index (χ4n) is 1.69. The molecule has 17 heavy (non-hydrogen) atoms. The third kappa shape index (κ3) is 1.95. The number of nitrogens with zero attached hydrogens (tertiary/aromatic N) is 1. The summed E-state index contributed by atoms with van der Waals surface area (Å²) in [5.74, 6) is 1.31. The van der Waals surface area contributed by atoms with E-state index in [0.29, 0.717) is 17.1 Å². The molecule has 0 atom stereocenters. The SMILES string of the molecule is COc1ccc(-c2[nH]ccc2C#N)cc1OC. The number of aromatic nitrogens is 1. The fraction of sp³-hybridized carbons (Fsp3) is 0.154. The third-order valence-electron chi connectivity index (χ3n) is 2.54. The van der Waals surface area contributed by atoms with Gasteiger partial charge in [-0.15, -0.1) is 0 Å². The maximum Gasteiger partial charge on any atom is 0.161 e. The number of benzene rings is 1. The van der Waals surface area contributed by atoms with Gasteiger partial charge in [-0.05, 0) is 24.3 Å². The predicted molar refractivity (Wildman–Crippen MR) is 64.0 cm³/mol. The molecule has 0 bridgehead atoms. The summed E-state index contributed by atoms with van der Waals surface area (Å²) >= 11 is 0. The van der Waals surface area contributed by atoms with Crippen molar-refractivity contribution >= 4 is 0 Å². The Labute approximate surface area is 99.4 Å². The first-order valence-corrected chi connectivity index (χ1v) is 5.10. The largest absolute Gasteiger partial charge is 0.493 e. The molecule has 2 rings (SSSR count). The van der Waals surface area contributed by atoms with Crippen LogP contribution in [0.25, 0.3) is 11.3 Å². The highest BCUT2D eigenvalue weighted by atomic mass is 16.5. The highest BCUT2D eigenvalue weighted by molar-refractivity contribution is 5.69. The number of rotatable bonds is 3. The van der Waals surface area contributed by atoms with Crippen LogP contribution >= 0.6 is 0 Å². The quantitative estimate of drug-likeness (QED) is 0.878. The smallest absolute Gasteiger partial charge is 0.161 e. The lowest BCUT2D eigenvalue weighted by atomic mass is 10.1. The van der Waals surface area contributed by atoms with Gasteiger partial charge < -0.3 is 14.5 Å². The van der Waals surface area contributed by atoms with Crippen LogP contribution in [0.5, 0.6) is 11.5 Å². The Hall–Kier alpha value is -2.41. The van der Waals surface area contributed by atoms with Crippen LogP contribution in [-0.2, 0) is 0 Å². The molecule has 0 spiro atoms. The number of aromatic amines is 1. The molecule has 86 valence electrons. The normalized spacial score (nSPS) is 9.71. The van der Waals surface area contributed by atoms with Gasteiger partial charge in [-0.25, -0.2) is 0 Å². The first kappa shape index (κ1) is 11.1. The van der Waals surface area contributed by atoms with Crippen LogP contribution in [0.2, 0.25) is 0 Å². The number of nitriles is 1. The van der Waals surface area contributed by atoms with Crippen molar-refractivity contribution in [1.82, 2.24) is 4.98 Å². The Morgan fingerprint density at radius 1 is 1.12 bits per heavy atom. The molecule has 1 heterocycles. The number of methoxy groups -OCH3 is 2. The third-order valence-corrected chi connectivity index (χ3v) is 2.54. The minimum atomic E-state index is 0.609. The van der Waals surface area contributed by atoms with Crippen molar-refractivity contribution < 1.29 is 9.47 Å². The topological polar surface area (TPSA) is 58.0 Å². The van der Waals surface area contributed by atoms with E-state index in [1.165, 1.54) is 0 Å². The second-order valence-corrected chi connectivity index (χ2v) is 3.45. The van der Waals surface area contributed by atoms with Gasteiger partial charge in [0.15, 0.2) is 11.5 Å². The highest BCUT2D eigenvalue weighted by Crippen LogP contribution is 2.32. The molecule has 0 aliphatic rings. The van der Waals surface area contributed by atoms with Crippen molar-refractivity contribution in [2.75, 3.05) is 14.2 Å². The second-order valence-electron chi connectivity index (χ2n) is 3.45. The maximum atomic E-state index is 8.97. The first-order valence-electron chi connectivity index (χ1n) is 5.10. The van der Waals surface area contributed by atoms with Crippen LogP contribution in [0.15, 0.2) is 30.5 Å². The molecule has 0 fully saturated rings. The minimum absolute atomic E-state index is 0.609. The number of ether oxygens (including phenoxy) is 2. The molecule has 0 aliphatic heterocycles. The summed E-state index contributed by atoms with van der Waals surface area (Å²) in [6, 6.07) is 9.42. The second kappa shape index (κ2) is 4.62. The lowest BCUT2D eigenvalue weighted by Gasteiger charge is -2.09. The standard InChI is InChI=1S/C13H12N2O2/c1-16-11-4-3-9(7-12(11)17-2)13-10(8-14)5-6-15-13/h3-7,15H,1-2H3. The number of hydrogen-bond donors (Lipinski definition) is 1. The van der Waals surface area contributed by atoms with Crippen LogP contribution < -0.4 is 9.47 Å². The van der Waals surface area contributed by atoms with E-state index in [1.807, 2.05) is 18.2 Å². The summed E-state index contributed by atoms with van der Waals surface area (Å²) in [7, 11) is 3.18. The molecular formula is C13H12N2O2. The van der Waals surface area contributed by atoms with Gasteiger partial charge in [0.2, 0.25) is 0 Å². The van der Waals surface area contributed by atoms with Crippen LogP contribution in [0.1, 0.15) is 5.56 Å². The van der Waals surface area contributed by atoms with Gasteiger partial charge in [-0.3, -0.25) is 0 Å². The molecule has 4 heteroatoms. The molecule has 0 saturated heterocycles. The Balaban J connectivity index is 2.51. The van der Waals surface area contributed by atoms with Gasteiger partial charge in [0.25, 0.3) is 0 Å². The average molecular weight is 228 g/mol. The highest BCUT2D eigenvalue weighted by Gasteiger charge is 2.09. The van der Waals surface area contributed by atoms with E-state index in [-0.39, 0.29) is 0 Å². The van der Waals surface area contributed by atoms with E-state index >= 15 is 0 Å². The van der Waals surface area contributed by atoms with Crippen molar-refractivity contribution in [1.29, 1.82) is 5.26 Å². The van der Waals surface area contributed by atoms with Gasteiger partial charge in [0, 0.05) is 11.8 Å². The molecule has 1 N–H and O–H groups in total. The van der Waals surface area contributed by atoms with E-state index in [2.05, 4.69) is 11.1 Å². The van der Waals surface area contributed by atoms with Gasteiger partial charge in [0.05, 0.1) is 25.5 Å². The van der Waals surface area contributed by atoms with Crippen molar-refractivity contribution in [2.45, 2.75) is 0 Å². The summed E-state index contributed by atoms with van der Waals surface area (Å²) in [6.07, 6.45) is 1.74. The predicted octanol–water partition coefficient (Wildman–Crippen LogP) is 2.57. The zero-order valence-corrected chi connectivity index (χ0v) is 9.65. The fourth-order valence-corrected chi connectivity index (χ4v) is 1.69. The summed E-state index contributed by atoms with van der Waals surface area (Å²) < 4.78 is 10.4. The number of H-pyrrole nitrogens is 1. The lowest BCUT2D eigenvalue weighted by Crippen LogP contribution is -1.91. The van der Waals surface area contributed by atoms with Crippen LogP contribution in [0.4, 0.5) is 0 Å². The lowest BCUT2D eigenvalue weighted by molar-refractivity contribution is 0.355. The Bertz CT molecular complexity index is 567. The molecule has 0 radical (unpaired) electrons. The van der Waals surface area contributed by atoms with Crippen molar-refractivity contribution in [2.24, 2.45) is 0 Å². The zero-order valence-electron chi connectivity index (χ0n) is 9.65. The summed E-state index contributed by atoms with van der Waals surface area (Å²) in [5.41, 5.74) is 2.29. The van der Waals surface area contributed by atoms with Crippen molar-refractivity contribution in [3.05, 3.63) is 36.0 Å². The zero-order chi connectivity index (χ0) is 12.3. The number of hydrogen-bond acceptors (Lipinski definition) is 3. The van der Waals surface area contributed by atoms with E-state index < -0.39 is 0 Å². The van der Waals surface area contributed by atoms with E-state index in [1.54, 1.807) is 26.5 Å².